The van der Waals surface area contributed by atoms with E-state index in [2.05, 4.69) is 10.2 Å². The second-order valence-electron chi connectivity index (χ2n) is 7.06. The third-order valence-electron chi connectivity index (χ3n) is 5.18. The van der Waals surface area contributed by atoms with Crippen LogP contribution in [0.25, 0.3) is 0 Å². The van der Waals surface area contributed by atoms with Crippen LogP contribution in [0, 0.1) is 5.92 Å². The largest absolute Gasteiger partial charge is 0.326 e. The van der Waals surface area contributed by atoms with Crippen LogP contribution in [-0.2, 0) is 14.8 Å². The van der Waals surface area contributed by atoms with Crippen LogP contribution in [0.15, 0.2) is 29.2 Å². The average molecular weight is 365 g/mol. The number of carbonyl (C=O) groups is 1. The van der Waals surface area contributed by atoms with Gasteiger partial charge in [0.15, 0.2) is 0 Å². The highest BCUT2D eigenvalue weighted by atomic mass is 32.2. The highest BCUT2D eigenvalue weighted by molar-refractivity contribution is 7.89. The van der Waals surface area contributed by atoms with Crippen LogP contribution in [0.5, 0.6) is 0 Å². The van der Waals surface area contributed by atoms with Gasteiger partial charge < -0.3 is 10.2 Å². The monoisotopic (exact) mass is 365 g/mol. The summed E-state index contributed by atoms with van der Waals surface area (Å²) in [6.45, 7) is 2.46. The van der Waals surface area contributed by atoms with Gasteiger partial charge in [0.2, 0.25) is 15.9 Å². The van der Waals surface area contributed by atoms with Crippen LogP contribution >= 0.6 is 0 Å². The van der Waals surface area contributed by atoms with E-state index in [0.29, 0.717) is 18.8 Å². The number of nitrogens with one attached hydrogen (secondary N) is 1. The van der Waals surface area contributed by atoms with Crippen molar-refractivity contribution in [2.75, 3.05) is 38.5 Å². The van der Waals surface area contributed by atoms with Crippen molar-refractivity contribution in [3.8, 4) is 0 Å². The van der Waals surface area contributed by atoms with Crippen molar-refractivity contribution in [3.05, 3.63) is 24.3 Å². The van der Waals surface area contributed by atoms with Crippen molar-refractivity contribution >= 4 is 21.6 Å². The third-order valence-corrected chi connectivity index (χ3v) is 7.07. The van der Waals surface area contributed by atoms with E-state index in [9.17, 15) is 13.2 Å². The number of anilines is 1. The Balaban J connectivity index is 1.71. The number of benzene rings is 1. The van der Waals surface area contributed by atoms with Crippen LogP contribution < -0.4 is 5.32 Å². The molecule has 2 fully saturated rings. The summed E-state index contributed by atoms with van der Waals surface area (Å²) >= 11 is 0. The smallest absolute Gasteiger partial charge is 0.243 e. The highest BCUT2D eigenvalue weighted by Gasteiger charge is 2.28. The standard InChI is InChI=1S/C18H27N3O3S/c1-20-10-12-21(13-11-20)25(23,24)17-9-5-8-16(14-17)19-18(22)15-6-3-2-4-7-15/h5,8-9,14-15H,2-4,6-7,10-13H2,1H3,(H,19,22). The number of amides is 1. The molecule has 1 amide bonds. The second-order valence-corrected chi connectivity index (χ2v) is 9.00. The van der Waals surface area contributed by atoms with Crippen molar-refractivity contribution in [2.24, 2.45) is 5.92 Å². The van der Waals surface area contributed by atoms with Gasteiger partial charge >= 0.3 is 0 Å². The molecular weight excluding hydrogens is 338 g/mol. The van der Waals surface area contributed by atoms with E-state index in [1.807, 2.05) is 7.05 Å². The maximum Gasteiger partial charge on any atom is 0.243 e. The molecule has 1 aromatic carbocycles. The molecule has 1 aliphatic heterocycles. The molecule has 1 saturated carbocycles. The number of piperazine rings is 1. The SMILES string of the molecule is CN1CCN(S(=O)(=O)c2cccc(NC(=O)C3CCCCC3)c2)CC1. The number of carbonyl (C=O) groups excluding carboxylic acids is 1. The minimum Gasteiger partial charge on any atom is -0.326 e. The van der Waals surface area contributed by atoms with Gasteiger partial charge in [-0.25, -0.2) is 8.42 Å². The zero-order chi connectivity index (χ0) is 17.9. The molecule has 7 heteroatoms. The topological polar surface area (TPSA) is 69.7 Å². The number of sulfonamides is 1. The Hall–Kier alpha value is -1.44. The fraction of sp³-hybridized carbons (Fsp3) is 0.611. The second kappa shape index (κ2) is 7.85. The molecule has 1 heterocycles. The molecule has 3 rings (SSSR count). The van der Waals surface area contributed by atoms with Gasteiger partial charge in [-0.05, 0) is 38.1 Å². The predicted molar refractivity (Wildman–Crippen MR) is 97.9 cm³/mol. The summed E-state index contributed by atoms with van der Waals surface area (Å²) in [6, 6.07) is 6.63. The zero-order valence-electron chi connectivity index (χ0n) is 14.8. The van der Waals surface area contributed by atoms with Gasteiger partial charge in [0.1, 0.15) is 0 Å². The van der Waals surface area contributed by atoms with Crippen molar-refractivity contribution in [1.82, 2.24) is 9.21 Å². The molecule has 25 heavy (non-hydrogen) atoms. The quantitative estimate of drug-likeness (QED) is 0.888. The zero-order valence-corrected chi connectivity index (χ0v) is 15.6. The van der Waals surface area contributed by atoms with Crippen LogP contribution in [0.2, 0.25) is 0 Å². The third kappa shape index (κ3) is 4.40. The molecule has 0 bridgehead atoms. The van der Waals surface area contributed by atoms with Crippen molar-refractivity contribution in [3.63, 3.8) is 0 Å². The van der Waals surface area contributed by atoms with Crippen LogP contribution in [-0.4, -0.2) is 56.8 Å². The Labute approximate surface area is 150 Å². The van der Waals surface area contributed by atoms with E-state index in [4.69, 9.17) is 0 Å². The first-order chi connectivity index (χ1) is 12.0. The number of hydrogen-bond acceptors (Lipinski definition) is 4. The summed E-state index contributed by atoms with van der Waals surface area (Å²) in [5, 5.41) is 2.90. The molecular formula is C18H27N3O3S. The van der Waals surface area contributed by atoms with Gasteiger partial charge in [-0.1, -0.05) is 25.3 Å². The Bertz CT molecular complexity index is 706. The van der Waals surface area contributed by atoms with Gasteiger partial charge in [0.05, 0.1) is 4.90 Å². The lowest BCUT2D eigenvalue weighted by atomic mass is 9.88. The fourth-order valence-corrected chi connectivity index (χ4v) is 4.99. The highest BCUT2D eigenvalue weighted by Crippen LogP contribution is 2.26. The minimum absolute atomic E-state index is 0.00819. The first-order valence-corrected chi connectivity index (χ1v) is 10.5. The molecule has 1 N–H and O–H groups in total. The summed E-state index contributed by atoms with van der Waals surface area (Å²) < 4.78 is 27.2. The average Bonchev–Trinajstić information content (AvgIpc) is 2.63. The summed E-state index contributed by atoms with van der Waals surface area (Å²) in [5.41, 5.74) is 0.561. The molecule has 2 aliphatic rings. The van der Waals surface area contributed by atoms with Crippen LogP contribution in [0.3, 0.4) is 0 Å². The molecule has 0 radical (unpaired) electrons. The lowest BCUT2D eigenvalue weighted by Gasteiger charge is -2.31. The van der Waals surface area contributed by atoms with Gasteiger partial charge in [-0.2, -0.15) is 4.31 Å². The van der Waals surface area contributed by atoms with E-state index < -0.39 is 10.0 Å². The number of hydrogen-bond donors (Lipinski definition) is 1. The van der Waals surface area contributed by atoms with Gasteiger partial charge in [-0.15, -0.1) is 0 Å². The van der Waals surface area contributed by atoms with Gasteiger partial charge in [0.25, 0.3) is 0 Å². The normalized spacial score (nSPS) is 21.2. The van der Waals surface area contributed by atoms with E-state index in [1.54, 1.807) is 24.3 Å². The summed E-state index contributed by atoms with van der Waals surface area (Å²) in [4.78, 5) is 14.8. The molecule has 1 aromatic rings. The first-order valence-electron chi connectivity index (χ1n) is 9.06. The number of likely N-dealkylation sites (N-methyl/N-ethyl adjacent to an activating group) is 1. The van der Waals surface area contributed by atoms with Crippen LogP contribution in [0.4, 0.5) is 5.69 Å². The maximum atomic E-state index is 12.8. The predicted octanol–water partition coefficient (Wildman–Crippen LogP) is 2.14. The minimum atomic E-state index is -3.51. The molecule has 0 atom stereocenters. The number of nitrogens with zero attached hydrogens (tertiary/aromatic N) is 2. The molecule has 1 aliphatic carbocycles. The van der Waals surface area contributed by atoms with Crippen molar-refractivity contribution in [2.45, 2.75) is 37.0 Å². The molecule has 6 nitrogen and oxygen atoms in total. The summed E-state index contributed by atoms with van der Waals surface area (Å²) in [6.07, 6.45) is 5.23. The molecule has 0 unspecified atom stereocenters. The van der Waals surface area contributed by atoms with Crippen molar-refractivity contribution in [1.29, 1.82) is 0 Å². The van der Waals surface area contributed by atoms with Gasteiger partial charge in [-0.3, -0.25) is 4.79 Å². The van der Waals surface area contributed by atoms with Crippen LogP contribution in [0.1, 0.15) is 32.1 Å². The van der Waals surface area contributed by atoms with E-state index in [1.165, 1.54) is 10.7 Å². The summed E-state index contributed by atoms with van der Waals surface area (Å²) in [5.74, 6) is 0.0560. The van der Waals surface area contributed by atoms with E-state index >= 15 is 0 Å². The number of rotatable bonds is 4. The lowest BCUT2D eigenvalue weighted by Crippen LogP contribution is -2.47. The van der Waals surface area contributed by atoms with E-state index in [0.717, 1.165) is 38.8 Å². The van der Waals surface area contributed by atoms with E-state index in [-0.39, 0.29) is 16.7 Å². The summed E-state index contributed by atoms with van der Waals surface area (Å²) in [7, 11) is -1.52. The fourth-order valence-electron chi connectivity index (χ4n) is 3.52. The molecule has 0 aromatic heterocycles. The Morgan fingerprint density at radius 1 is 1.08 bits per heavy atom. The molecule has 0 spiro atoms. The van der Waals surface area contributed by atoms with Gasteiger partial charge in [0, 0.05) is 37.8 Å². The van der Waals surface area contributed by atoms with Crippen molar-refractivity contribution < 1.29 is 13.2 Å². The molecule has 1 saturated heterocycles. The molecule has 138 valence electrons. The Morgan fingerprint density at radius 3 is 2.44 bits per heavy atom. The Morgan fingerprint density at radius 2 is 1.76 bits per heavy atom. The lowest BCUT2D eigenvalue weighted by molar-refractivity contribution is -0.120. The first kappa shape index (κ1) is 18.4. The maximum absolute atomic E-state index is 12.8. The Kier molecular flexibility index (Phi) is 5.76.